The van der Waals surface area contributed by atoms with Crippen LogP contribution < -0.4 is 5.73 Å². The Morgan fingerprint density at radius 2 is 2.00 bits per heavy atom. The lowest BCUT2D eigenvalue weighted by molar-refractivity contribution is -0.119. The van der Waals surface area contributed by atoms with Crippen LogP contribution in [0.3, 0.4) is 0 Å². The number of rotatable bonds is 5. The smallest absolute Gasteiger partial charge is 0.231 e. The Morgan fingerprint density at radius 1 is 1.44 bits per heavy atom. The van der Waals surface area contributed by atoms with Gasteiger partial charge in [-0.05, 0) is 38.1 Å². The second-order valence-corrected chi connectivity index (χ2v) is 4.10. The Balaban J connectivity index is 2.53. The summed E-state index contributed by atoms with van der Waals surface area (Å²) in [6, 6.07) is 7.32. The summed E-state index contributed by atoms with van der Waals surface area (Å²) < 4.78 is 0. The van der Waals surface area contributed by atoms with Crippen molar-refractivity contribution in [3.05, 3.63) is 29.8 Å². The van der Waals surface area contributed by atoms with E-state index in [0.29, 0.717) is 0 Å². The van der Waals surface area contributed by atoms with Gasteiger partial charge in [0, 0.05) is 6.04 Å². The van der Waals surface area contributed by atoms with Crippen LogP contribution in [0.2, 0.25) is 0 Å². The first-order valence-corrected chi connectivity index (χ1v) is 5.25. The summed E-state index contributed by atoms with van der Waals surface area (Å²) in [7, 11) is 1.87. The summed E-state index contributed by atoms with van der Waals surface area (Å²) in [5.41, 5.74) is 6.26. The number of carbonyl (C=O) groups excluding carboxylic acids is 1. The van der Waals surface area contributed by atoms with Gasteiger partial charge in [0.05, 0.1) is 6.54 Å². The number of aromatic hydroxyl groups is 1. The van der Waals surface area contributed by atoms with E-state index in [2.05, 4.69) is 0 Å². The summed E-state index contributed by atoms with van der Waals surface area (Å²) in [6.07, 6.45) is 0.823. The molecule has 0 aliphatic rings. The van der Waals surface area contributed by atoms with Gasteiger partial charge in [-0.15, -0.1) is 0 Å². The molecule has 0 fully saturated rings. The lowest BCUT2D eigenvalue weighted by Crippen LogP contribution is -2.37. The van der Waals surface area contributed by atoms with Crippen molar-refractivity contribution in [1.29, 1.82) is 0 Å². The van der Waals surface area contributed by atoms with Crippen molar-refractivity contribution in [2.75, 3.05) is 13.6 Å². The minimum atomic E-state index is -0.319. The van der Waals surface area contributed by atoms with Crippen LogP contribution in [-0.4, -0.2) is 35.5 Å². The number of hydrogen-bond donors (Lipinski definition) is 2. The quantitative estimate of drug-likeness (QED) is 0.772. The van der Waals surface area contributed by atoms with Gasteiger partial charge in [0.2, 0.25) is 5.91 Å². The SMILES string of the molecule is CC(Cc1ccc(O)cc1)N(C)CC(N)=O. The number of likely N-dealkylation sites (N-methyl/N-ethyl adjacent to an activating group) is 1. The van der Waals surface area contributed by atoms with Gasteiger partial charge in [-0.2, -0.15) is 0 Å². The van der Waals surface area contributed by atoms with E-state index in [4.69, 9.17) is 10.8 Å². The highest BCUT2D eigenvalue weighted by Gasteiger charge is 2.11. The van der Waals surface area contributed by atoms with Gasteiger partial charge < -0.3 is 10.8 Å². The van der Waals surface area contributed by atoms with Crippen molar-refractivity contribution in [3.63, 3.8) is 0 Å². The number of hydrogen-bond acceptors (Lipinski definition) is 3. The first-order chi connectivity index (χ1) is 7.49. The number of amides is 1. The normalized spacial score (nSPS) is 12.7. The maximum Gasteiger partial charge on any atom is 0.231 e. The summed E-state index contributed by atoms with van der Waals surface area (Å²) in [5.74, 6) is -0.0538. The predicted octanol–water partition coefficient (Wildman–Crippen LogP) is 0.740. The summed E-state index contributed by atoms with van der Waals surface area (Å²) in [5, 5.41) is 9.15. The highest BCUT2D eigenvalue weighted by Crippen LogP contribution is 2.12. The summed E-state index contributed by atoms with van der Waals surface area (Å²) >= 11 is 0. The van der Waals surface area contributed by atoms with Crippen LogP contribution in [-0.2, 0) is 11.2 Å². The standard InChI is InChI=1S/C12H18N2O2/c1-9(14(2)8-12(13)16)7-10-3-5-11(15)6-4-10/h3-6,9,15H,7-8H2,1-2H3,(H2,13,16). The molecule has 0 bridgehead atoms. The van der Waals surface area contributed by atoms with E-state index in [1.54, 1.807) is 12.1 Å². The largest absolute Gasteiger partial charge is 0.508 e. The van der Waals surface area contributed by atoms with Gasteiger partial charge in [-0.1, -0.05) is 12.1 Å². The van der Waals surface area contributed by atoms with Crippen LogP contribution in [0.15, 0.2) is 24.3 Å². The van der Waals surface area contributed by atoms with E-state index in [-0.39, 0.29) is 24.2 Å². The molecule has 0 aromatic heterocycles. The topological polar surface area (TPSA) is 66.6 Å². The van der Waals surface area contributed by atoms with Gasteiger partial charge in [0.25, 0.3) is 0 Å². The molecule has 0 spiro atoms. The third-order valence-electron chi connectivity index (χ3n) is 2.63. The fourth-order valence-corrected chi connectivity index (χ4v) is 1.53. The second-order valence-electron chi connectivity index (χ2n) is 4.10. The molecule has 1 aromatic rings. The molecule has 0 aliphatic heterocycles. The molecule has 1 atom stereocenters. The van der Waals surface area contributed by atoms with Crippen molar-refractivity contribution in [1.82, 2.24) is 4.90 Å². The van der Waals surface area contributed by atoms with Gasteiger partial charge in [0.1, 0.15) is 5.75 Å². The van der Waals surface area contributed by atoms with Crippen LogP contribution >= 0.6 is 0 Å². The van der Waals surface area contributed by atoms with E-state index in [1.165, 1.54) is 0 Å². The Hall–Kier alpha value is -1.55. The Bertz CT molecular complexity index is 349. The van der Waals surface area contributed by atoms with E-state index in [0.717, 1.165) is 12.0 Å². The lowest BCUT2D eigenvalue weighted by atomic mass is 10.1. The van der Waals surface area contributed by atoms with Crippen LogP contribution in [0.1, 0.15) is 12.5 Å². The number of carbonyl (C=O) groups is 1. The number of phenolic OH excluding ortho intramolecular Hbond substituents is 1. The molecule has 1 rings (SSSR count). The monoisotopic (exact) mass is 222 g/mol. The molecule has 1 amide bonds. The molecule has 3 N–H and O–H groups in total. The predicted molar refractivity (Wildman–Crippen MR) is 63.1 cm³/mol. The van der Waals surface area contributed by atoms with E-state index in [1.807, 2.05) is 31.0 Å². The molecule has 4 heteroatoms. The first-order valence-electron chi connectivity index (χ1n) is 5.25. The Labute approximate surface area is 95.7 Å². The highest BCUT2D eigenvalue weighted by molar-refractivity contribution is 5.75. The molecule has 0 radical (unpaired) electrons. The number of primary amides is 1. The maximum atomic E-state index is 10.8. The fraction of sp³-hybridized carbons (Fsp3) is 0.417. The van der Waals surface area contributed by atoms with Crippen LogP contribution in [0, 0.1) is 0 Å². The molecular formula is C12H18N2O2. The third kappa shape index (κ3) is 3.90. The van der Waals surface area contributed by atoms with Gasteiger partial charge in [-0.25, -0.2) is 0 Å². The molecule has 0 aliphatic carbocycles. The van der Waals surface area contributed by atoms with Crippen molar-refractivity contribution >= 4 is 5.91 Å². The Kier molecular flexibility index (Phi) is 4.31. The fourth-order valence-electron chi connectivity index (χ4n) is 1.53. The van der Waals surface area contributed by atoms with Crippen LogP contribution in [0.4, 0.5) is 0 Å². The third-order valence-corrected chi connectivity index (χ3v) is 2.63. The highest BCUT2D eigenvalue weighted by atomic mass is 16.3. The van der Waals surface area contributed by atoms with Crippen molar-refractivity contribution < 1.29 is 9.90 Å². The molecule has 16 heavy (non-hydrogen) atoms. The molecule has 1 aromatic carbocycles. The minimum absolute atomic E-state index is 0.233. The number of nitrogens with two attached hydrogens (primary N) is 1. The molecular weight excluding hydrogens is 204 g/mol. The molecule has 88 valence electrons. The zero-order valence-electron chi connectivity index (χ0n) is 9.68. The lowest BCUT2D eigenvalue weighted by Gasteiger charge is -2.23. The van der Waals surface area contributed by atoms with E-state index >= 15 is 0 Å². The van der Waals surface area contributed by atoms with E-state index in [9.17, 15) is 4.79 Å². The van der Waals surface area contributed by atoms with Crippen LogP contribution in [0.25, 0.3) is 0 Å². The van der Waals surface area contributed by atoms with Gasteiger partial charge >= 0.3 is 0 Å². The number of benzene rings is 1. The van der Waals surface area contributed by atoms with Crippen molar-refractivity contribution in [2.24, 2.45) is 5.73 Å². The molecule has 0 heterocycles. The molecule has 1 unspecified atom stereocenters. The van der Waals surface area contributed by atoms with E-state index < -0.39 is 0 Å². The minimum Gasteiger partial charge on any atom is -0.508 e. The van der Waals surface area contributed by atoms with Crippen LogP contribution in [0.5, 0.6) is 5.75 Å². The summed E-state index contributed by atoms with van der Waals surface area (Å²) in [6.45, 7) is 2.30. The van der Waals surface area contributed by atoms with Crippen molar-refractivity contribution in [2.45, 2.75) is 19.4 Å². The molecule has 0 saturated heterocycles. The van der Waals surface area contributed by atoms with Crippen molar-refractivity contribution in [3.8, 4) is 5.75 Å². The van der Waals surface area contributed by atoms with Gasteiger partial charge in [0.15, 0.2) is 0 Å². The zero-order chi connectivity index (χ0) is 12.1. The second kappa shape index (κ2) is 5.51. The molecule has 4 nitrogen and oxygen atoms in total. The van der Waals surface area contributed by atoms with Gasteiger partial charge in [-0.3, -0.25) is 9.69 Å². The molecule has 0 saturated carbocycles. The zero-order valence-corrected chi connectivity index (χ0v) is 9.68. The summed E-state index contributed by atoms with van der Waals surface area (Å²) in [4.78, 5) is 12.7. The maximum absolute atomic E-state index is 10.8. The first kappa shape index (κ1) is 12.5. The average Bonchev–Trinajstić information content (AvgIpc) is 2.20. The Morgan fingerprint density at radius 3 is 2.50 bits per heavy atom. The number of phenols is 1. The number of nitrogens with zero attached hydrogens (tertiary/aromatic N) is 1. The average molecular weight is 222 g/mol.